The van der Waals surface area contributed by atoms with Crippen LogP contribution in [0, 0.1) is 0 Å². The second-order valence-corrected chi connectivity index (χ2v) is 5.07. The van der Waals surface area contributed by atoms with Crippen LogP contribution in [-0.2, 0) is 9.59 Å². The molecular formula is C16H15NO3. The highest BCUT2D eigenvalue weighted by Crippen LogP contribution is 2.37. The maximum Gasteiger partial charge on any atom is 0.351 e. The van der Waals surface area contributed by atoms with E-state index in [0.29, 0.717) is 6.42 Å². The molecule has 0 amide bonds. The molecule has 1 aliphatic heterocycles. The summed E-state index contributed by atoms with van der Waals surface area (Å²) >= 11 is 0. The number of Topliss-reactive ketones (excluding diaryl/α,β-unsaturated/α-hetero) is 1. The minimum Gasteiger partial charge on any atom is -0.477 e. The van der Waals surface area contributed by atoms with E-state index in [1.807, 2.05) is 30.3 Å². The number of carboxylic acids is 1. The van der Waals surface area contributed by atoms with Crippen molar-refractivity contribution in [3.63, 3.8) is 0 Å². The first kappa shape index (κ1) is 12.7. The van der Waals surface area contributed by atoms with Crippen LogP contribution in [-0.4, -0.2) is 16.9 Å². The number of benzene rings is 1. The SMILES string of the molecule is O=C(O)C1=CC(c2ccccc2)C2=C(CCCC2=O)N1. The molecular weight excluding hydrogens is 254 g/mol. The number of dihydropyridines is 1. The third-order valence-corrected chi connectivity index (χ3v) is 3.78. The fraction of sp³-hybridized carbons (Fsp3) is 0.250. The average molecular weight is 269 g/mol. The summed E-state index contributed by atoms with van der Waals surface area (Å²) in [5.74, 6) is -1.13. The summed E-state index contributed by atoms with van der Waals surface area (Å²) in [6, 6.07) is 9.57. The van der Waals surface area contributed by atoms with Gasteiger partial charge in [0.25, 0.3) is 0 Å². The number of aliphatic carboxylic acids is 1. The summed E-state index contributed by atoms with van der Waals surface area (Å²) in [6.07, 6.45) is 3.69. The Balaban J connectivity index is 2.10. The summed E-state index contributed by atoms with van der Waals surface area (Å²) in [5, 5.41) is 12.1. The number of carboxylic acid groups (broad SMARTS) is 1. The zero-order chi connectivity index (χ0) is 14.1. The normalized spacial score (nSPS) is 21.9. The number of hydrogen-bond acceptors (Lipinski definition) is 3. The summed E-state index contributed by atoms with van der Waals surface area (Å²) in [4.78, 5) is 23.5. The summed E-state index contributed by atoms with van der Waals surface area (Å²) in [6.45, 7) is 0. The number of ketones is 1. The molecule has 1 heterocycles. The monoisotopic (exact) mass is 269 g/mol. The molecule has 4 heteroatoms. The highest BCUT2D eigenvalue weighted by Gasteiger charge is 2.32. The molecule has 1 unspecified atom stereocenters. The Morgan fingerprint density at radius 3 is 2.65 bits per heavy atom. The van der Waals surface area contributed by atoms with Crippen LogP contribution in [0.3, 0.4) is 0 Å². The first-order valence-electron chi connectivity index (χ1n) is 6.70. The summed E-state index contributed by atoms with van der Waals surface area (Å²) < 4.78 is 0. The van der Waals surface area contributed by atoms with Gasteiger partial charge in [0.1, 0.15) is 5.70 Å². The molecule has 0 radical (unpaired) electrons. The number of nitrogens with one attached hydrogen (secondary N) is 1. The zero-order valence-corrected chi connectivity index (χ0v) is 10.9. The standard InChI is InChI=1S/C16H15NO3/c18-14-8-4-7-12-15(14)11(9-13(17-12)16(19)20)10-5-2-1-3-6-10/h1-3,5-6,9,11,17H,4,7-8H2,(H,19,20). The minimum atomic E-state index is -0.990. The molecule has 2 N–H and O–H groups in total. The smallest absolute Gasteiger partial charge is 0.351 e. The molecule has 3 rings (SSSR count). The zero-order valence-electron chi connectivity index (χ0n) is 10.9. The third kappa shape index (κ3) is 2.13. The van der Waals surface area contributed by atoms with Crippen molar-refractivity contribution >= 4 is 11.8 Å². The van der Waals surface area contributed by atoms with E-state index in [1.54, 1.807) is 6.08 Å². The van der Waals surface area contributed by atoms with Crippen molar-refractivity contribution in [2.45, 2.75) is 25.2 Å². The first-order valence-corrected chi connectivity index (χ1v) is 6.70. The van der Waals surface area contributed by atoms with Crippen molar-refractivity contribution in [1.82, 2.24) is 5.32 Å². The van der Waals surface area contributed by atoms with Gasteiger partial charge in [-0.1, -0.05) is 30.3 Å². The highest BCUT2D eigenvalue weighted by atomic mass is 16.4. The van der Waals surface area contributed by atoms with Crippen LogP contribution in [0.4, 0.5) is 0 Å². The Kier molecular flexibility index (Phi) is 3.14. The molecule has 0 spiro atoms. The van der Waals surface area contributed by atoms with Gasteiger partial charge in [-0.3, -0.25) is 4.79 Å². The number of carbonyl (C=O) groups is 2. The third-order valence-electron chi connectivity index (χ3n) is 3.78. The molecule has 1 atom stereocenters. The molecule has 20 heavy (non-hydrogen) atoms. The number of allylic oxidation sites excluding steroid dienone is 3. The van der Waals surface area contributed by atoms with Crippen molar-refractivity contribution in [3.8, 4) is 0 Å². The predicted octanol–water partition coefficient (Wildman–Crippen LogP) is 2.35. The highest BCUT2D eigenvalue weighted by molar-refractivity contribution is 6.00. The molecule has 4 nitrogen and oxygen atoms in total. The van der Waals surface area contributed by atoms with Gasteiger partial charge in [-0.05, 0) is 24.5 Å². The quantitative estimate of drug-likeness (QED) is 0.865. The van der Waals surface area contributed by atoms with E-state index in [-0.39, 0.29) is 17.4 Å². The minimum absolute atomic E-state index is 0.119. The second-order valence-electron chi connectivity index (χ2n) is 5.07. The molecule has 1 aromatic rings. The van der Waals surface area contributed by atoms with E-state index in [0.717, 1.165) is 29.7 Å². The van der Waals surface area contributed by atoms with E-state index < -0.39 is 5.97 Å². The molecule has 0 bridgehead atoms. The van der Waals surface area contributed by atoms with Crippen LogP contribution >= 0.6 is 0 Å². The molecule has 0 saturated heterocycles. The van der Waals surface area contributed by atoms with Crippen LogP contribution in [0.15, 0.2) is 53.4 Å². The van der Waals surface area contributed by atoms with E-state index in [2.05, 4.69) is 5.32 Å². The Morgan fingerprint density at radius 2 is 1.95 bits per heavy atom. The van der Waals surface area contributed by atoms with E-state index in [1.165, 1.54) is 0 Å². The lowest BCUT2D eigenvalue weighted by atomic mass is 9.79. The Labute approximate surface area is 116 Å². The molecule has 0 fully saturated rings. The lowest BCUT2D eigenvalue weighted by Gasteiger charge is -2.30. The van der Waals surface area contributed by atoms with Gasteiger partial charge < -0.3 is 10.4 Å². The molecule has 0 aromatic heterocycles. The van der Waals surface area contributed by atoms with E-state index in [9.17, 15) is 14.7 Å². The van der Waals surface area contributed by atoms with Crippen molar-refractivity contribution in [3.05, 3.63) is 58.9 Å². The van der Waals surface area contributed by atoms with Gasteiger partial charge in [-0.25, -0.2) is 4.79 Å². The van der Waals surface area contributed by atoms with Crippen LogP contribution in [0.2, 0.25) is 0 Å². The topological polar surface area (TPSA) is 66.4 Å². The van der Waals surface area contributed by atoms with Crippen molar-refractivity contribution in [2.75, 3.05) is 0 Å². The molecule has 102 valence electrons. The fourth-order valence-electron chi connectivity index (χ4n) is 2.86. The van der Waals surface area contributed by atoms with Gasteiger partial charge in [-0.2, -0.15) is 0 Å². The van der Waals surface area contributed by atoms with Crippen LogP contribution < -0.4 is 5.32 Å². The van der Waals surface area contributed by atoms with Crippen LogP contribution in [0.5, 0.6) is 0 Å². The Bertz CT molecular complexity index is 628. The van der Waals surface area contributed by atoms with Gasteiger partial charge in [-0.15, -0.1) is 0 Å². The number of rotatable bonds is 2. The Morgan fingerprint density at radius 1 is 1.20 bits per heavy atom. The van der Waals surface area contributed by atoms with Crippen LogP contribution in [0.25, 0.3) is 0 Å². The molecule has 1 aromatic carbocycles. The van der Waals surface area contributed by atoms with Gasteiger partial charge >= 0.3 is 5.97 Å². The average Bonchev–Trinajstić information content (AvgIpc) is 2.47. The molecule has 2 aliphatic rings. The first-order chi connectivity index (χ1) is 9.66. The number of hydrogen-bond donors (Lipinski definition) is 2. The molecule has 1 aliphatic carbocycles. The maximum atomic E-state index is 12.2. The van der Waals surface area contributed by atoms with Gasteiger partial charge in [0, 0.05) is 23.6 Å². The largest absolute Gasteiger partial charge is 0.477 e. The second kappa shape index (κ2) is 4.96. The summed E-state index contributed by atoms with van der Waals surface area (Å²) in [7, 11) is 0. The van der Waals surface area contributed by atoms with E-state index >= 15 is 0 Å². The van der Waals surface area contributed by atoms with Gasteiger partial charge in [0.05, 0.1) is 0 Å². The molecule has 0 saturated carbocycles. The van der Waals surface area contributed by atoms with Crippen molar-refractivity contribution in [2.24, 2.45) is 0 Å². The maximum absolute atomic E-state index is 12.2. The number of carbonyl (C=O) groups excluding carboxylic acids is 1. The fourth-order valence-corrected chi connectivity index (χ4v) is 2.86. The van der Waals surface area contributed by atoms with Crippen LogP contribution in [0.1, 0.15) is 30.7 Å². The van der Waals surface area contributed by atoms with E-state index in [4.69, 9.17) is 0 Å². The van der Waals surface area contributed by atoms with Crippen molar-refractivity contribution < 1.29 is 14.7 Å². The van der Waals surface area contributed by atoms with Crippen molar-refractivity contribution in [1.29, 1.82) is 0 Å². The van der Waals surface area contributed by atoms with Gasteiger partial charge in [0.15, 0.2) is 5.78 Å². The van der Waals surface area contributed by atoms with Gasteiger partial charge in [0.2, 0.25) is 0 Å². The lowest BCUT2D eigenvalue weighted by molar-refractivity contribution is -0.133. The Hall–Kier alpha value is -2.36. The summed E-state index contributed by atoms with van der Waals surface area (Å²) in [5.41, 5.74) is 2.62. The lowest BCUT2D eigenvalue weighted by Crippen LogP contribution is -2.32. The predicted molar refractivity (Wildman–Crippen MR) is 73.9 cm³/mol.